The number of benzene rings is 1. The number of carbonyl (C=O) groups excluding carboxylic acids is 1. The molecule has 0 bridgehead atoms. The van der Waals surface area contributed by atoms with Crippen LogP contribution in [0.25, 0.3) is 0 Å². The first-order chi connectivity index (χ1) is 28.7. The van der Waals surface area contributed by atoms with Crippen molar-refractivity contribution in [2.75, 3.05) is 26.4 Å². The number of unbranched alkanes of at least 4 members (excludes halogenated alkanes) is 21. The number of hydrogen-bond donors (Lipinski definition) is 7. The molecule has 1 saturated heterocycles. The van der Waals surface area contributed by atoms with Crippen LogP contribution < -0.4 is 11.1 Å². The third-order valence-corrected chi connectivity index (χ3v) is 11.7. The van der Waals surface area contributed by atoms with Crippen LogP contribution in [-0.2, 0) is 25.4 Å². The Kier molecular flexibility index (Phi) is 31.5. The lowest BCUT2D eigenvalue weighted by atomic mass is 9.98. The van der Waals surface area contributed by atoms with Crippen LogP contribution in [0.1, 0.15) is 179 Å². The van der Waals surface area contributed by atoms with Gasteiger partial charge in [-0.1, -0.05) is 147 Å². The van der Waals surface area contributed by atoms with Gasteiger partial charge in [0.25, 0.3) is 0 Å². The van der Waals surface area contributed by atoms with Gasteiger partial charge in [0.2, 0.25) is 5.91 Å². The van der Waals surface area contributed by atoms with Crippen LogP contribution in [0.3, 0.4) is 0 Å². The number of nitrogens with two attached hydrogens (primary N) is 1. The molecule has 0 saturated carbocycles. The molecule has 1 heterocycles. The van der Waals surface area contributed by atoms with Crippen molar-refractivity contribution in [2.45, 2.75) is 229 Å². The van der Waals surface area contributed by atoms with E-state index in [-0.39, 0.29) is 31.4 Å². The highest BCUT2D eigenvalue weighted by Crippen LogP contribution is 2.24. The number of hydrogen-bond acceptors (Lipinski definition) is 10. The molecule has 0 radical (unpaired) electrons. The summed E-state index contributed by atoms with van der Waals surface area (Å²) >= 11 is 0. The average Bonchev–Trinajstić information content (AvgIpc) is 3.23. The molecule has 2 rings (SSSR count). The standard InChI is InChI=1S/C47H85FN2O9/c1-2-3-4-5-6-7-8-9-10-14-17-22-27-40(51)43(53)39(35-58-47-46(56)45(55)44(54)41(59-47)36-57-34-25-20-19-24-33-49)50-42(52)28-23-18-15-12-11-13-16-21-26-37-29-31-38(48)32-30-37/h29-32,39-41,43-47,51,53-56H,2-28,33-36,49H2,1H3,(H,50,52)/t39-,40+,41?,43-,44?,45?,46?,47?/m0/s1. The number of aryl methyl sites for hydroxylation is 1. The van der Waals surface area contributed by atoms with Crippen molar-refractivity contribution in [3.8, 4) is 0 Å². The Morgan fingerprint density at radius 1 is 0.729 bits per heavy atom. The van der Waals surface area contributed by atoms with Crippen molar-refractivity contribution in [3.63, 3.8) is 0 Å². The van der Waals surface area contributed by atoms with E-state index in [9.17, 15) is 34.7 Å². The molecule has 8 N–H and O–H groups in total. The predicted octanol–water partition coefficient (Wildman–Crippen LogP) is 7.54. The Bertz CT molecular complexity index is 1140. The number of aliphatic hydroxyl groups is 5. The van der Waals surface area contributed by atoms with Gasteiger partial charge >= 0.3 is 0 Å². The summed E-state index contributed by atoms with van der Waals surface area (Å²) in [6.07, 6.45) is 18.5. The molecule has 0 aromatic heterocycles. The second-order valence-electron chi connectivity index (χ2n) is 17.0. The largest absolute Gasteiger partial charge is 0.390 e. The van der Waals surface area contributed by atoms with Crippen molar-refractivity contribution in [3.05, 3.63) is 35.6 Å². The minimum Gasteiger partial charge on any atom is -0.390 e. The highest BCUT2D eigenvalue weighted by Gasteiger charge is 2.45. The van der Waals surface area contributed by atoms with Gasteiger partial charge in [0, 0.05) is 13.0 Å². The van der Waals surface area contributed by atoms with Gasteiger partial charge in [0.15, 0.2) is 6.29 Å². The molecule has 1 aliphatic rings. The Morgan fingerprint density at radius 2 is 1.27 bits per heavy atom. The summed E-state index contributed by atoms with van der Waals surface area (Å²) in [6.45, 7) is 3.02. The van der Waals surface area contributed by atoms with E-state index < -0.39 is 49.0 Å². The van der Waals surface area contributed by atoms with Gasteiger partial charge in [-0.3, -0.25) is 4.79 Å². The number of nitrogens with one attached hydrogen (secondary N) is 1. The van der Waals surface area contributed by atoms with Crippen LogP contribution in [0.2, 0.25) is 0 Å². The van der Waals surface area contributed by atoms with Gasteiger partial charge in [-0.25, -0.2) is 4.39 Å². The highest BCUT2D eigenvalue weighted by molar-refractivity contribution is 5.76. The number of aliphatic hydroxyl groups excluding tert-OH is 5. The molecule has 5 unspecified atom stereocenters. The average molecular weight is 841 g/mol. The molecule has 1 fully saturated rings. The summed E-state index contributed by atoms with van der Waals surface area (Å²) in [7, 11) is 0. The normalized spacial score (nSPS) is 21.1. The second kappa shape index (κ2) is 34.8. The third-order valence-electron chi connectivity index (χ3n) is 11.7. The van der Waals surface area contributed by atoms with Crippen LogP contribution >= 0.6 is 0 Å². The van der Waals surface area contributed by atoms with Gasteiger partial charge < -0.3 is 50.8 Å². The Hall–Kier alpha value is -1.74. The molecule has 8 atom stereocenters. The predicted molar refractivity (Wildman–Crippen MR) is 232 cm³/mol. The van der Waals surface area contributed by atoms with Crippen LogP contribution in [0.5, 0.6) is 0 Å². The van der Waals surface area contributed by atoms with Crippen LogP contribution in [0, 0.1) is 5.82 Å². The number of ether oxygens (including phenoxy) is 3. The number of halogens is 1. The molecule has 344 valence electrons. The lowest BCUT2D eigenvalue weighted by Crippen LogP contribution is -2.60. The van der Waals surface area contributed by atoms with Crippen molar-refractivity contribution < 1.29 is 48.9 Å². The molecule has 12 heteroatoms. The van der Waals surface area contributed by atoms with E-state index in [4.69, 9.17) is 19.9 Å². The minimum absolute atomic E-state index is 0.0141. The van der Waals surface area contributed by atoms with Gasteiger partial charge in [0.05, 0.1) is 25.4 Å². The monoisotopic (exact) mass is 841 g/mol. The maximum atomic E-state index is 13.1. The van der Waals surface area contributed by atoms with E-state index in [1.807, 2.05) is 12.1 Å². The zero-order valence-corrected chi connectivity index (χ0v) is 36.7. The highest BCUT2D eigenvalue weighted by atomic mass is 19.1. The summed E-state index contributed by atoms with van der Waals surface area (Å²) in [5.74, 6) is -0.476. The Labute approximate surface area is 356 Å². The van der Waals surface area contributed by atoms with E-state index in [0.29, 0.717) is 26.0 Å². The van der Waals surface area contributed by atoms with Gasteiger partial charge in [0.1, 0.15) is 36.3 Å². The lowest BCUT2D eigenvalue weighted by molar-refractivity contribution is -0.304. The zero-order valence-electron chi connectivity index (χ0n) is 36.7. The summed E-state index contributed by atoms with van der Waals surface area (Å²) in [4.78, 5) is 13.1. The van der Waals surface area contributed by atoms with E-state index in [2.05, 4.69) is 12.2 Å². The number of rotatable bonds is 38. The van der Waals surface area contributed by atoms with Crippen molar-refractivity contribution in [1.29, 1.82) is 0 Å². The quantitative estimate of drug-likeness (QED) is 0.0329. The zero-order chi connectivity index (χ0) is 42.9. The molecule has 1 aliphatic heterocycles. The fraction of sp³-hybridized carbons (Fsp3) is 0.851. The Morgan fingerprint density at radius 3 is 1.88 bits per heavy atom. The minimum atomic E-state index is -1.58. The number of amides is 1. The van der Waals surface area contributed by atoms with Crippen LogP contribution in [0.15, 0.2) is 24.3 Å². The first kappa shape index (κ1) is 53.4. The molecule has 0 aliphatic carbocycles. The lowest BCUT2D eigenvalue weighted by Gasteiger charge is -2.40. The van der Waals surface area contributed by atoms with Crippen LogP contribution in [0.4, 0.5) is 4.39 Å². The number of carbonyl (C=O) groups is 1. The topological polar surface area (TPSA) is 184 Å². The summed E-state index contributed by atoms with van der Waals surface area (Å²) in [5, 5.41) is 57.1. The van der Waals surface area contributed by atoms with Gasteiger partial charge in [-0.2, -0.15) is 0 Å². The molecule has 1 aromatic rings. The van der Waals surface area contributed by atoms with E-state index in [0.717, 1.165) is 108 Å². The van der Waals surface area contributed by atoms with Crippen molar-refractivity contribution in [2.24, 2.45) is 5.73 Å². The second-order valence-corrected chi connectivity index (χ2v) is 17.0. The first-order valence-corrected chi connectivity index (χ1v) is 23.7. The molecule has 59 heavy (non-hydrogen) atoms. The maximum absolute atomic E-state index is 13.1. The molecule has 1 amide bonds. The fourth-order valence-corrected chi connectivity index (χ4v) is 7.76. The molecular weight excluding hydrogens is 756 g/mol. The smallest absolute Gasteiger partial charge is 0.220 e. The van der Waals surface area contributed by atoms with Gasteiger partial charge in [-0.15, -0.1) is 0 Å². The van der Waals surface area contributed by atoms with Crippen molar-refractivity contribution >= 4 is 5.91 Å². The SMILES string of the molecule is CCCCCCCCCCCCCC[C@@H](O)[C@@H](O)[C@H](COC1OC(COCCCCCCN)C(O)C(O)C1O)NC(=O)CCCCCCCCCCc1ccc(F)cc1. The van der Waals surface area contributed by atoms with Crippen LogP contribution in [-0.4, -0.2) is 107 Å². The Balaban J connectivity index is 1.80. The third kappa shape index (κ3) is 25.1. The van der Waals surface area contributed by atoms with E-state index in [1.54, 1.807) is 0 Å². The van der Waals surface area contributed by atoms with E-state index in [1.165, 1.54) is 63.5 Å². The molecular formula is C47H85FN2O9. The molecule has 0 spiro atoms. The first-order valence-electron chi connectivity index (χ1n) is 23.7. The fourth-order valence-electron chi connectivity index (χ4n) is 7.76. The van der Waals surface area contributed by atoms with Gasteiger partial charge in [-0.05, 0) is 62.8 Å². The maximum Gasteiger partial charge on any atom is 0.220 e. The summed E-state index contributed by atoms with van der Waals surface area (Å²) < 4.78 is 30.5. The summed E-state index contributed by atoms with van der Waals surface area (Å²) in [6, 6.07) is 5.71. The van der Waals surface area contributed by atoms with E-state index >= 15 is 0 Å². The molecule has 1 aromatic carbocycles. The molecule has 11 nitrogen and oxygen atoms in total. The van der Waals surface area contributed by atoms with Crippen molar-refractivity contribution in [1.82, 2.24) is 5.32 Å². The summed E-state index contributed by atoms with van der Waals surface area (Å²) in [5.41, 5.74) is 6.71.